The number of hydrogen-bond acceptors (Lipinski definition) is 8. The maximum Gasteiger partial charge on any atom is 0.290 e. The predicted molar refractivity (Wildman–Crippen MR) is 134 cm³/mol. The zero-order chi connectivity index (χ0) is 25.4. The first kappa shape index (κ1) is 24.4. The monoisotopic (exact) mass is 556 g/mol. The summed E-state index contributed by atoms with van der Waals surface area (Å²) in [5.41, 5.74) is 0.941. The molecule has 9 nitrogen and oxygen atoms in total. The van der Waals surface area contributed by atoms with Crippen LogP contribution in [0.4, 0.5) is 0 Å². The van der Waals surface area contributed by atoms with Crippen LogP contribution in [0.3, 0.4) is 0 Å². The quantitative estimate of drug-likeness (QED) is 0.422. The van der Waals surface area contributed by atoms with Gasteiger partial charge in [0.25, 0.3) is 5.91 Å². The lowest BCUT2D eigenvalue weighted by Crippen LogP contribution is -2.43. The van der Waals surface area contributed by atoms with Gasteiger partial charge in [0.15, 0.2) is 23.0 Å². The Morgan fingerprint density at radius 1 is 1.14 bits per heavy atom. The maximum absolute atomic E-state index is 13.7. The second-order valence-corrected chi connectivity index (χ2v) is 9.50. The molecule has 1 atom stereocenters. The van der Waals surface area contributed by atoms with Crippen molar-refractivity contribution in [3.05, 3.63) is 69.6 Å². The van der Waals surface area contributed by atoms with Crippen molar-refractivity contribution in [3.63, 3.8) is 0 Å². The van der Waals surface area contributed by atoms with E-state index in [0.717, 1.165) is 18.5 Å². The number of para-hydroxylation sites is 1. The lowest BCUT2D eigenvalue weighted by Gasteiger charge is -2.31. The molecule has 1 unspecified atom stereocenters. The van der Waals surface area contributed by atoms with Gasteiger partial charge in [0, 0.05) is 31.6 Å². The number of aliphatic hydroxyl groups excluding tert-OH is 1. The Hall–Kier alpha value is -3.34. The van der Waals surface area contributed by atoms with Gasteiger partial charge in [0.2, 0.25) is 5.78 Å². The normalized spacial score (nSPS) is 18.9. The number of fused-ring (bicyclic) bond motifs is 1. The van der Waals surface area contributed by atoms with Crippen molar-refractivity contribution in [2.45, 2.75) is 6.04 Å². The number of phenols is 1. The van der Waals surface area contributed by atoms with Gasteiger partial charge in [-0.15, -0.1) is 0 Å². The van der Waals surface area contributed by atoms with Crippen LogP contribution in [0.15, 0.2) is 62.7 Å². The summed E-state index contributed by atoms with van der Waals surface area (Å²) in [4.78, 5) is 30.6. The molecule has 3 heterocycles. The van der Waals surface area contributed by atoms with Crippen LogP contribution in [-0.4, -0.2) is 78.2 Å². The number of aromatic hydroxyl groups is 1. The summed E-state index contributed by atoms with van der Waals surface area (Å²) < 4.78 is 16.8. The van der Waals surface area contributed by atoms with Gasteiger partial charge < -0.3 is 29.0 Å². The molecular weight excluding hydrogens is 532 g/mol. The Morgan fingerprint density at radius 2 is 1.89 bits per heavy atom. The van der Waals surface area contributed by atoms with Gasteiger partial charge in [-0.1, -0.05) is 18.2 Å². The minimum atomic E-state index is -0.912. The zero-order valence-electron chi connectivity index (χ0n) is 19.6. The van der Waals surface area contributed by atoms with E-state index in [0.29, 0.717) is 35.4 Å². The van der Waals surface area contributed by atoms with Crippen LogP contribution in [0.1, 0.15) is 22.2 Å². The van der Waals surface area contributed by atoms with Crippen LogP contribution in [0.2, 0.25) is 0 Å². The van der Waals surface area contributed by atoms with E-state index in [2.05, 4.69) is 20.8 Å². The van der Waals surface area contributed by atoms with E-state index in [9.17, 15) is 19.8 Å². The van der Waals surface area contributed by atoms with Crippen molar-refractivity contribution in [1.82, 2.24) is 9.80 Å². The molecule has 2 aliphatic heterocycles. The zero-order valence-corrected chi connectivity index (χ0v) is 21.2. The van der Waals surface area contributed by atoms with Crippen molar-refractivity contribution in [1.29, 1.82) is 0 Å². The van der Waals surface area contributed by atoms with Crippen molar-refractivity contribution in [2.75, 3.05) is 46.5 Å². The molecule has 188 valence electrons. The van der Waals surface area contributed by atoms with Crippen molar-refractivity contribution >= 4 is 38.6 Å². The summed E-state index contributed by atoms with van der Waals surface area (Å²) in [7, 11) is 1.41. The van der Waals surface area contributed by atoms with Gasteiger partial charge in [0.05, 0.1) is 36.4 Å². The summed E-state index contributed by atoms with van der Waals surface area (Å²) in [5, 5.41) is 22.0. The smallest absolute Gasteiger partial charge is 0.290 e. The van der Waals surface area contributed by atoms with E-state index in [1.807, 2.05) is 12.1 Å². The third kappa shape index (κ3) is 4.36. The Bertz CT molecular complexity index is 1330. The van der Waals surface area contributed by atoms with E-state index in [-0.39, 0.29) is 29.4 Å². The second-order valence-electron chi connectivity index (χ2n) is 8.65. The summed E-state index contributed by atoms with van der Waals surface area (Å²) in [6.07, 6.45) is 0. The van der Waals surface area contributed by atoms with Gasteiger partial charge in [-0.3, -0.25) is 14.5 Å². The number of aliphatic hydroxyl groups is 1. The fourth-order valence-corrected chi connectivity index (χ4v) is 5.13. The number of ketones is 1. The molecule has 2 aliphatic rings. The molecule has 0 radical (unpaired) electrons. The predicted octanol–water partition coefficient (Wildman–Crippen LogP) is 3.82. The lowest BCUT2D eigenvalue weighted by molar-refractivity contribution is -0.129. The largest absolute Gasteiger partial charge is 0.503 e. The van der Waals surface area contributed by atoms with E-state index < -0.39 is 23.5 Å². The number of benzene rings is 2. The molecule has 1 aromatic heterocycles. The van der Waals surface area contributed by atoms with E-state index in [4.69, 9.17) is 13.9 Å². The highest BCUT2D eigenvalue weighted by Gasteiger charge is 2.45. The maximum atomic E-state index is 13.7. The Balaban J connectivity index is 1.56. The Morgan fingerprint density at radius 3 is 2.61 bits per heavy atom. The highest BCUT2D eigenvalue weighted by atomic mass is 79.9. The third-order valence-electron chi connectivity index (χ3n) is 6.54. The minimum absolute atomic E-state index is 0.0235. The van der Waals surface area contributed by atoms with E-state index in [1.54, 1.807) is 30.3 Å². The van der Waals surface area contributed by atoms with Crippen LogP contribution in [-0.2, 0) is 9.53 Å². The number of phenolic OH excluding ortho intramolecular Hbond substituents is 1. The second kappa shape index (κ2) is 9.96. The number of hydrogen-bond donors (Lipinski definition) is 2. The molecular formula is C26H25BrN2O7. The number of Topliss-reactive ketones (excluding diaryl/α,β-unsaturated/α-hetero) is 1. The minimum Gasteiger partial charge on any atom is -0.503 e. The fraction of sp³-hybridized carbons (Fsp3) is 0.308. The number of amides is 1. The van der Waals surface area contributed by atoms with Crippen LogP contribution < -0.4 is 4.74 Å². The van der Waals surface area contributed by atoms with Gasteiger partial charge in [0.1, 0.15) is 5.58 Å². The summed E-state index contributed by atoms with van der Waals surface area (Å²) in [6, 6.07) is 11.1. The van der Waals surface area contributed by atoms with Crippen molar-refractivity contribution < 1.29 is 33.7 Å². The molecule has 0 saturated carbocycles. The highest BCUT2D eigenvalue weighted by molar-refractivity contribution is 9.10. The first-order chi connectivity index (χ1) is 17.4. The van der Waals surface area contributed by atoms with Crippen LogP contribution >= 0.6 is 15.9 Å². The number of methoxy groups -OCH3 is 1. The van der Waals surface area contributed by atoms with Gasteiger partial charge >= 0.3 is 0 Å². The first-order valence-electron chi connectivity index (χ1n) is 11.5. The molecule has 10 heteroatoms. The van der Waals surface area contributed by atoms with Crippen LogP contribution in [0.25, 0.3) is 11.0 Å². The van der Waals surface area contributed by atoms with Gasteiger partial charge in [-0.05, 0) is 45.8 Å². The topological polar surface area (TPSA) is 113 Å². The number of carbonyl (C=O) groups excluding carboxylic acids is 2. The number of carbonyl (C=O) groups is 2. The number of furan rings is 1. The number of morpholine rings is 1. The molecule has 0 aliphatic carbocycles. The molecule has 36 heavy (non-hydrogen) atoms. The first-order valence-corrected chi connectivity index (χ1v) is 12.3. The van der Waals surface area contributed by atoms with Crippen LogP contribution in [0.5, 0.6) is 11.5 Å². The summed E-state index contributed by atoms with van der Waals surface area (Å²) >= 11 is 3.32. The Labute approximate surface area is 215 Å². The molecule has 5 rings (SSSR count). The van der Waals surface area contributed by atoms with E-state index >= 15 is 0 Å². The average molecular weight is 557 g/mol. The van der Waals surface area contributed by atoms with Crippen molar-refractivity contribution in [2.24, 2.45) is 0 Å². The molecule has 1 amide bonds. The number of ether oxygens (including phenoxy) is 2. The highest BCUT2D eigenvalue weighted by Crippen LogP contribution is 2.44. The summed E-state index contributed by atoms with van der Waals surface area (Å²) in [5.74, 6) is -1.76. The Kier molecular flexibility index (Phi) is 6.74. The van der Waals surface area contributed by atoms with Crippen molar-refractivity contribution in [3.8, 4) is 11.5 Å². The number of rotatable bonds is 7. The SMILES string of the molecule is COc1cc(C2C(C(=O)c3cc4ccccc4o3)=C(O)C(=O)N2CCN2CCOCC2)cc(Br)c1O. The molecule has 1 fully saturated rings. The molecule has 2 aromatic carbocycles. The van der Waals surface area contributed by atoms with E-state index in [1.165, 1.54) is 12.0 Å². The molecule has 0 bridgehead atoms. The standard InChI is InChI=1S/C26H25BrN2O7/c1-34-19-14-16(12-17(27)23(19)30)22-21(24(31)20-13-15-4-2-3-5-18(15)36-20)25(32)26(33)29(22)7-6-28-8-10-35-11-9-28/h2-5,12-14,22,30,32H,6-11H2,1H3. The molecule has 1 saturated heterocycles. The van der Waals surface area contributed by atoms with Gasteiger partial charge in [-0.25, -0.2) is 0 Å². The number of halogens is 1. The average Bonchev–Trinajstić information content (AvgIpc) is 3.44. The molecule has 0 spiro atoms. The number of nitrogens with zero attached hydrogens (tertiary/aromatic N) is 2. The molecule has 3 aromatic rings. The van der Waals surface area contributed by atoms with Gasteiger partial charge in [-0.2, -0.15) is 0 Å². The third-order valence-corrected chi connectivity index (χ3v) is 7.15. The van der Waals surface area contributed by atoms with Crippen LogP contribution in [0, 0.1) is 0 Å². The fourth-order valence-electron chi connectivity index (χ4n) is 4.67. The lowest BCUT2D eigenvalue weighted by atomic mass is 9.94. The molecule has 2 N–H and O–H groups in total. The summed E-state index contributed by atoms with van der Waals surface area (Å²) in [6.45, 7) is 3.50.